The van der Waals surface area contributed by atoms with Crippen molar-refractivity contribution in [3.05, 3.63) is 53.1 Å². The van der Waals surface area contributed by atoms with E-state index in [4.69, 9.17) is 9.47 Å². The third-order valence-corrected chi connectivity index (χ3v) is 5.56. The second kappa shape index (κ2) is 7.59. The molecule has 2 aromatic carbocycles. The molecule has 3 atom stereocenters. The average molecular weight is 388 g/mol. The Hall–Kier alpha value is -2.34. The molecule has 0 amide bonds. The normalized spacial score (nSPS) is 24.5. The van der Waals surface area contributed by atoms with Gasteiger partial charge in [0.2, 0.25) is 0 Å². The molecule has 2 aromatic rings. The molecule has 4 nitrogen and oxygen atoms in total. The van der Waals surface area contributed by atoms with Crippen molar-refractivity contribution in [3.8, 4) is 11.5 Å². The quantitative estimate of drug-likeness (QED) is 0.865. The zero-order chi connectivity index (χ0) is 19.8. The zero-order valence-corrected chi connectivity index (χ0v) is 16.5. The fourth-order valence-electron chi connectivity index (χ4n) is 4.39. The van der Waals surface area contributed by atoms with Gasteiger partial charge in [0.05, 0.1) is 13.7 Å². The summed E-state index contributed by atoms with van der Waals surface area (Å²) in [5, 5.41) is 3.54. The number of methoxy groups -OCH3 is 1. The number of fused-ring (bicyclic) bond motifs is 1. The van der Waals surface area contributed by atoms with Crippen LogP contribution in [0.2, 0.25) is 0 Å². The van der Waals surface area contributed by atoms with E-state index in [0.717, 1.165) is 36.2 Å². The number of hydrogen-bond donors (Lipinski definition) is 1. The van der Waals surface area contributed by atoms with Crippen LogP contribution in [0.15, 0.2) is 30.3 Å². The van der Waals surface area contributed by atoms with Crippen LogP contribution in [0.5, 0.6) is 11.5 Å². The Bertz CT molecular complexity index is 864. The highest BCUT2D eigenvalue weighted by Crippen LogP contribution is 2.39. The lowest BCUT2D eigenvalue weighted by Gasteiger charge is -2.38. The molecule has 0 radical (unpaired) electrons. The maximum atomic E-state index is 14.1. The van der Waals surface area contributed by atoms with Crippen molar-refractivity contribution in [2.45, 2.75) is 38.3 Å². The third-order valence-electron chi connectivity index (χ3n) is 5.56. The molecule has 0 aliphatic carbocycles. The van der Waals surface area contributed by atoms with Crippen molar-refractivity contribution in [2.75, 3.05) is 31.7 Å². The summed E-state index contributed by atoms with van der Waals surface area (Å²) in [4.78, 5) is 2.37. The summed E-state index contributed by atoms with van der Waals surface area (Å²) in [7, 11) is 1.40. The molecule has 4 rings (SSSR count). The van der Waals surface area contributed by atoms with Gasteiger partial charge in [-0.05, 0) is 38.0 Å². The summed E-state index contributed by atoms with van der Waals surface area (Å²) in [6.45, 7) is 6.64. The summed E-state index contributed by atoms with van der Waals surface area (Å²) >= 11 is 0. The number of ether oxygens (including phenoxy) is 2. The second-order valence-corrected chi connectivity index (χ2v) is 7.89. The van der Waals surface area contributed by atoms with Crippen LogP contribution in [0.25, 0.3) is 0 Å². The van der Waals surface area contributed by atoms with Gasteiger partial charge in [0.1, 0.15) is 11.6 Å². The standard InChI is InChI=1S/C22H26F2N2O2/c1-13-10-26(11-14(2)25-13)18-5-4-15-6-16(12-28-21(15)9-18)19-7-17(23)8-20(24)22(19)27-3/h4-5,7-9,13-14,16,25H,6,10-12H2,1-3H3/t13-,14+,16?. The van der Waals surface area contributed by atoms with Gasteiger partial charge in [-0.2, -0.15) is 0 Å². The van der Waals surface area contributed by atoms with Crippen molar-refractivity contribution in [2.24, 2.45) is 0 Å². The number of halogens is 2. The number of piperazine rings is 1. The van der Waals surface area contributed by atoms with Gasteiger partial charge < -0.3 is 19.7 Å². The van der Waals surface area contributed by atoms with Crippen LogP contribution in [0.3, 0.4) is 0 Å². The van der Waals surface area contributed by atoms with Crippen LogP contribution in [0, 0.1) is 11.6 Å². The predicted molar refractivity (Wildman–Crippen MR) is 106 cm³/mol. The summed E-state index contributed by atoms with van der Waals surface area (Å²) in [5.74, 6) is -0.489. The number of benzene rings is 2. The molecule has 150 valence electrons. The Morgan fingerprint density at radius 1 is 1.11 bits per heavy atom. The second-order valence-electron chi connectivity index (χ2n) is 7.89. The van der Waals surface area contributed by atoms with Gasteiger partial charge in [0.25, 0.3) is 0 Å². The molecule has 2 aliphatic heterocycles. The van der Waals surface area contributed by atoms with Crippen molar-refractivity contribution in [1.82, 2.24) is 5.32 Å². The monoisotopic (exact) mass is 388 g/mol. The molecule has 2 aliphatic rings. The lowest BCUT2D eigenvalue weighted by Crippen LogP contribution is -2.54. The van der Waals surface area contributed by atoms with Gasteiger partial charge in [-0.1, -0.05) is 6.07 Å². The molecular formula is C22H26F2N2O2. The van der Waals surface area contributed by atoms with E-state index in [0.29, 0.717) is 30.7 Å². The molecule has 1 N–H and O–H groups in total. The molecule has 28 heavy (non-hydrogen) atoms. The highest BCUT2D eigenvalue weighted by Gasteiger charge is 2.28. The number of anilines is 1. The molecule has 1 fully saturated rings. The van der Waals surface area contributed by atoms with E-state index in [1.54, 1.807) is 0 Å². The lowest BCUT2D eigenvalue weighted by atomic mass is 9.89. The van der Waals surface area contributed by atoms with E-state index < -0.39 is 11.6 Å². The number of nitrogens with one attached hydrogen (secondary N) is 1. The first-order valence-corrected chi connectivity index (χ1v) is 9.74. The Balaban J connectivity index is 1.57. The van der Waals surface area contributed by atoms with Crippen LogP contribution < -0.4 is 19.7 Å². The molecule has 6 heteroatoms. The molecule has 1 saturated heterocycles. The molecule has 0 saturated carbocycles. The zero-order valence-electron chi connectivity index (χ0n) is 16.5. The minimum atomic E-state index is -0.680. The summed E-state index contributed by atoms with van der Waals surface area (Å²) in [6, 6.07) is 9.32. The number of hydrogen-bond acceptors (Lipinski definition) is 4. The van der Waals surface area contributed by atoms with Gasteiger partial charge in [0.15, 0.2) is 11.6 Å². The maximum Gasteiger partial charge on any atom is 0.168 e. The van der Waals surface area contributed by atoms with Crippen molar-refractivity contribution in [1.29, 1.82) is 0 Å². The van der Waals surface area contributed by atoms with Gasteiger partial charge in [-0.25, -0.2) is 8.78 Å². The highest BCUT2D eigenvalue weighted by molar-refractivity contribution is 5.56. The van der Waals surface area contributed by atoms with E-state index >= 15 is 0 Å². The third kappa shape index (κ3) is 3.65. The molecule has 0 bridgehead atoms. The predicted octanol–water partition coefficient (Wildman–Crippen LogP) is 3.88. The van der Waals surface area contributed by atoms with Gasteiger partial charge in [-0.15, -0.1) is 0 Å². The van der Waals surface area contributed by atoms with Crippen molar-refractivity contribution in [3.63, 3.8) is 0 Å². The van der Waals surface area contributed by atoms with E-state index in [1.807, 2.05) is 0 Å². The summed E-state index contributed by atoms with van der Waals surface area (Å²) < 4.78 is 39.0. The maximum absolute atomic E-state index is 14.1. The van der Waals surface area contributed by atoms with Crippen LogP contribution in [-0.2, 0) is 6.42 Å². The fourth-order valence-corrected chi connectivity index (χ4v) is 4.39. The Morgan fingerprint density at radius 3 is 2.57 bits per heavy atom. The van der Waals surface area contributed by atoms with Crippen molar-refractivity contribution >= 4 is 5.69 Å². The molecule has 1 unspecified atom stereocenters. The minimum absolute atomic E-state index is 0.0962. The fraction of sp³-hybridized carbons (Fsp3) is 0.455. The first-order chi connectivity index (χ1) is 13.4. The Labute approximate surface area is 164 Å². The van der Waals surface area contributed by atoms with E-state index in [2.05, 4.69) is 42.3 Å². The van der Waals surface area contributed by atoms with Gasteiger partial charge in [-0.3, -0.25) is 0 Å². The largest absolute Gasteiger partial charge is 0.493 e. The Morgan fingerprint density at radius 2 is 1.86 bits per heavy atom. The number of nitrogens with zero attached hydrogens (tertiary/aromatic N) is 1. The molecular weight excluding hydrogens is 362 g/mol. The van der Waals surface area contributed by atoms with Crippen LogP contribution in [0.1, 0.15) is 30.9 Å². The van der Waals surface area contributed by atoms with Crippen LogP contribution in [0.4, 0.5) is 14.5 Å². The highest BCUT2D eigenvalue weighted by atomic mass is 19.1. The molecule has 0 aromatic heterocycles. The molecule has 2 heterocycles. The first-order valence-electron chi connectivity index (χ1n) is 9.74. The summed E-state index contributed by atoms with van der Waals surface area (Å²) in [5.41, 5.74) is 2.70. The average Bonchev–Trinajstić information content (AvgIpc) is 2.66. The van der Waals surface area contributed by atoms with Crippen LogP contribution >= 0.6 is 0 Å². The van der Waals surface area contributed by atoms with Crippen molar-refractivity contribution < 1.29 is 18.3 Å². The topological polar surface area (TPSA) is 33.7 Å². The molecule has 0 spiro atoms. The summed E-state index contributed by atoms with van der Waals surface area (Å²) in [6.07, 6.45) is 0.656. The van der Waals surface area contributed by atoms with E-state index in [1.165, 1.54) is 13.2 Å². The smallest absolute Gasteiger partial charge is 0.168 e. The van der Waals surface area contributed by atoms with E-state index in [9.17, 15) is 8.78 Å². The van der Waals surface area contributed by atoms with Crippen LogP contribution in [-0.4, -0.2) is 38.9 Å². The lowest BCUT2D eigenvalue weighted by molar-refractivity contribution is 0.257. The number of rotatable bonds is 3. The SMILES string of the molecule is COc1c(F)cc(F)cc1C1COc2cc(N3C[C@@H](C)N[C@@H](C)C3)ccc2C1. The van der Waals surface area contributed by atoms with Gasteiger partial charge in [0, 0.05) is 54.5 Å². The van der Waals surface area contributed by atoms with E-state index in [-0.39, 0.29) is 11.7 Å². The first kappa shape index (κ1) is 19.0. The Kier molecular flexibility index (Phi) is 5.15. The minimum Gasteiger partial charge on any atom is -0.493 e. The van der Waals surface area contributed by atoms with Gasteiger partial charge >= 0.3 is 0 Å².